The minimum Gasteiger partial charge on any atom is -0.465 e. The summed E-state index contributed by atoms with van der Waals surface area (Å²) in [5.74, 6) is -0.365. The summed E-state index contributed by atoms with van der Waals surface area (Å²) in [4.78, 5) is 11.3. The third-order valence-corrected chi connectivity index (χ3v) is 2.41. The topological polar surface area (TPSA) is 72.5 Å². The van der Waals surface area contributed by atoms with Crippen LogP contribution >= 0.6 is 12.4 Å². The van der Waals surface area contributed by atoms with Crippen molar-refractivity contribution in [3.63, 3.8) is 0 Å². The number of carbonyl (C=O) groups is 1. The first-order chi connectivity index (χ1) is 7.69. The predicted octanol–water partition coefficient (Wildman–Crippen LogP) is 1.67. The van der Waals surface area contributed by atoms with Gasteiger partial charge in [0.1, 0.15) is 0 Å². The Morgan fingerprint density at radius 2 is 2.24 bits per heavy atom. The maximum Gasteiger partial charge on any atom is 0.337 e. The molecule has 1 rings (SSSR count). The summed E-state index contributed by atoms with van der Waals surface area (Å²) in [6.07, 6.45) is 1.35. The quantitative estimate of drug-likeness (QED) is 0.789. The lowest BCUT2D eigenvalue weighted by Crippen LogP contribution is -2.12. The molecule has 0 saturated heterocycles. The van der Waals surface area contributed by atoms with Gasteiger partial charge < -0.3 is 15.6 Å². The van der Waals surface area contributed by atoms with Gasteiger partial charge in [-0.05, 0) is 30.5 Å². The van der Waals surface area contributed by atoms with Crippen LogP contribution in [-0.2, 0) is 4.74 Å². The highest BCUT2D eigenvalue weighted by molar-refractivity contribution is 5.89. The van der Waals surface area contributed by atoms with Crippen molar-refractivity contribution in [2.45, 2.75) is 18.9 Å². The molecule has 0 fully saturated rings. The van der Waals surface area contributed by atoms with Crippen LogP contribution in [0, 0.1) is 0 Å². The molecule has 5 heteroatoms. The van der Waals surface area contributed by atoms with E-state index in [1.165, 1.54) is 7.11 Å². The molecular weight excluding hydrogens is 242 g/mol. The molecule has 0 bridgehead atoms. The summed E-state index contributed by atoms with van der Waals surface area (Å²) in [5, 5.41) is 8.71. The lowest BCUT2D eigenvalue weighted by atomic mass is 10.0. The number of nitrogens with two attached hydrogens (primary N) is 1. The number of rotatable bonds is 5. The number of aliphatic hydroxyl groups is 1. The number of methoxy groups -OCH3 is 1. The first kappa shape index (κ1) is 15.9. The molecule has 0 aliphatic heterocycles. The molecule has 0 saturated carbocycles. The van der Waals surface area contributed by atoms with E-state index in [4.69, 9.17) is 10.8 Å². The van der Waals surface area contributed by atoms with Crippen LogP contribution in [0.1, 0.15) is 34.8 Å². The van der Waals surface area contributed by atoms with Gasteiger partial charge in [-0.2, -0.15) is 0 Å². The Hall–Kier alpha value is -1.10. The van der Waals surface area contributed by atoms with Crippen molar-refractivity contribution >= 4 is 18.4 Å². The highest BCUT2D eigenvalue weighted by Gasteiger charge is 2.09. The van der Waals surface area contributed by atoms with Gasteiger partial charge in [0.2, 0.25) is 0 Å². The Morgan fingerprint density at radius 1 is 1.53 bits per heavy atom. The lowest BCUT2D eigenvalue weighted by molar-refractivity contribution is 0.0600. The number of hydrogen-bond acceptors (Lipinski definition) is 4. The van der Waals surface area contributed by atoms with E-state index < -0.39 is 0 Å². The fraction of sp³-hybridized carbons (Fsp3) is 0.417. The number of aliphatic hydroxyl groups excluding tert-OH is 1. The van der Waals surface area contributed by atoms with E-state index in [2.05, 4.69) is 4.74 Å². The molecular formula is C12H18ClNO3. The molecule has 96 valence electrons. The summed E-state index contributed by atoms with van der Waals surface area (Å²) < 4.78 is 4.63. The third kappa shape index (κ3) is 4.73. The summed E-state index contributed by atoms with van der Waals surface area (Å²) in [6.45, 7) is 0.129. The van der Waals surface area contributed by atoms with Crippen LogP contribution in [0.5, 0.6) is 0 Å². The monoisotopic (exact) mass is 259 g/mol. The number of hydrogen-bond donors (Lipinski definition) is 2. The molecule has 0 heterocycles. The van der Waals surface area contributed by atoms with Crippen molar-refractivity contribution in [3.8, 4) is 0 Å². The predicted molar refractivity (Wildman–Crippen MR) is 68.3 cm³/mol. The van der Waals surface area contributed by atoms with Crippen molar-refractivity contribution in [3.05, 3.63) is 35.4 Å². The normalized spacial score (nSPS) is 11.5. The zero-order valence-corrected chi connectivity index (χ0v) is 10.6. The zero-order valence-electron chi connectivity index (χ0n) is 9.76. The highest BCUT2D eigenvalue weighted by atomic mass is 35.5. The molecule has 0 spiro atoms. The van der Waals surface area contributed by atoms with Gasteiger partial charge in [-0.25, -0.2) is 4.79 Å². The Labute approximate surface area is 107 Å². The van der Waals surface area contributed by atoms with E-state index in [9.17, 15) is 4.79 Å². The van der Waals surface area contributed by atoms with Gasteiger partial charge in [-0.3, -0.25) is 0 Å². The van der Waals surface area contributed by atoms with E-state index in [0.29, 0.717) is 18.4 Å². The third-order valence-electron chi connectivity index (χ3n) is 2.41. The van der Waals surface area contributed by atoms with E-state index in [0.717, 1.165) is 5.56 Å². The van der Waals surface area contributed by atoms with Crippen LogP contribution in [0.4, 0.5) is 0 Å². The van der Waals surface area contributed by atoms with E-state index in [1.54, 1.807) is 18.2 Å². The van der Waals surface area contributed by atoms with Gasteiger partial charge in [0, 0.05) is 12.6 Å². The van der Waals surface area contributed by atoms with Gasteiger partial charge in [-0.1, -0.05) is 12.1 Å². The molecule has 0 aliphatic carbocycles. The molecule has 0 radical (unpaired) electrons. The van der Waals surface area contributed by atoms with Crippen LogP contribution in [0.2, 0.25) is 0 Å². The van der Waals surface area contributed by atoms with Crippen molar-refractivity contribution in [2.24, 2.45) is 5.73 Å². The van der Waals surface area contributed by atoms with Gasteiger partial charge in [-0.15, -0.1) is 12.4 Å². The lowest BCUT2D eigenvalue weighted by Gasteiger charge is -2.11. The average molecular weight is 260 g/mol. The molecule has 3 N–H and O–H groups in total. The summed E-state index contributed by atoms with van der Waals surface area (Å²) >= 11 is 0. The minimum atomic E-state index is -0.365. The number of esters is 1. The Balaban J connectivity index is 0.00000256. The Bertz CT molecular complexity index is 357. The Kier molecular flexibility index (Phi) is 7.54. The van der Waals surface area contributed by atoms with Crippen molar-refractivity contribution in [1.29, 1.82) is 0 Å². The highest BCUT2D eigenvalue weighted by Crippen LogP contribution is 2.17. The van der Waals surface area contributed by atoms with E-state index in [1.807, 2.05) is 6.07 Å². The van der Waals surface area contributed by atoms with Gasteiger partial charge in [0.15, 0.2) is 0 Å². The van der Waals surface area contributed by atoms with Crippen LogP contribution in [0.15, 0.2) is 24.3 Å². The largest absolute Gasteiger partial charge is 0.465 e. The van der Waals surface area contributed by atoms with E-state index in [-0.39, 0.29) is 31.0 Å². The fourth-order valence-corrected chi connectivity index (χ4v) is 1.49. The van der Waals surface area contributed by atoms with Gasteiger partial charge in [0.05, 0.1) is 12.7 Å². The second-order valence-electron chi connectivity index (χ2n) is 3.59. The fourth-order valence-electron chi connectivity index (χ4n) is 1.49. The first-order valence-electron chi connectivity index (χ1n) is 5.23. The average Bonchev–Trinajstić information content (AvgIpc) is 2.35. The summed E-state index contributed by atoms with van der Waals surface area (Å²) in [5.41, 5.74) is 7.31. The standard InChI is InChI=1S/C12H17NO3.ClH/c1-16-12(15)10-5-2-4-9(8-10)11(13)6-3-7-14;/h2,4-5,8,11,14H,3,6-7,13H2,1H3;1H/t11-;/m1./s1. The number of benzene rings is 1. The maximum absolute atomic E-state index is 11.3. The zero-order chi connectivity index (χ0) is 12.0. The SMILES string of the molecule is COC(=O)c1cccc([C@H](N)CCCO)c1.Cl. The second kappa shape index (κ2) is 8.06. The van der Waals surface area contributed by atoms with Crippen molar-refractivity contribution in [1.82, 2.24) is 0 Å². The van der Waals surface area contributed by atoms with Crippen LogP contribution in [-0.4, -0.2) is 24.8 Å². The van der Waals surface area contributed by atoms with Crippen LogP contribution < -0.4 is 5.73 Å². The van der Waals surface area contributed by atoms with Crippen LogP contribution in [0.3, 0.4) is 0 Å². The molecule has 0 amide bonds. The maximum atomic E-state index is 11.3. The number of halogens is 1. The van der Waals surface area contributed by atoms with Gasteiger partial charge >= 0.3 is 5.97 Å². The molecule has 1 aromatic carbocycles. The van der Waals surface area contributed by atoms with E-state index >= 15 is 0 Å². The smallest absolute Gasteiger partial charge is 0.337 e. The van der Waals surface area contributed by atoms with Gasteiger partial charge in [0.25, 0.3) is 0 Å². The molecule has 4 nitrogen and oxygen atoms in total. The molecule has 0 aromatic heterocycles. The van der Waals surface area contributed by atoms with Crippen molar-refractivity contribution < 1.29 is 14.6 Å². The molecule has 0 aliphatic rings. The summed E-state index contributed by atoms with van der Waals surface area (Å²) in [7, 11) is 1.35. The second-order valence-corrected chi connectivity index (χ2v) is 3.59. The van der Waals surface area contributed by atoms with Crippen LogP contribution in [0.25, 0.3) is 0 Å². The van der Waals surface area contributed by atoms with Crippen molar-refractivity contribution in [2.75, 3.05) is 13.7 Å². The molecule has 1 aromatic rings. The number of ether oxygens (including phenoxy) is 1. The minimum absolute atomic E-state index is 0. The Morgan fingerprint density at radius 3 is 2.82 bits per heavy atom. The first-order valence-corrected chi connectivity index (χ1v) is 5.23. The molecule has 1 atom stereocenters. The molecule has 0 unspecified atom stereocenters. The summed E-state index contributed by atoms with van der Waals surface area (Å²) in [6, 6.07) is 6.91. The number of carbonyl (C=O) groups excluding carboxylic acids is 1. The molecule has 17 heavy (non-hydrogen) atoms.